The van der Waals surface area contributed by atoms with Crippen LogP contribution in [0.15, 0.2) is 28.9 Å². The summed E-state index contributed by atoms with van der Waals surface area (Å²) in [5.41, 5.74) is 6.18. The van der Waals surface area contributed by atoms with Crippen LogP contribution in [0.2, 0.25) is 0 Å². The molecule has 50 valence electrons. The summed E-state index contributed by atoms with van der Waals surface area (Å²) >= 11 is 0. The van der Waals surface area contributed by atoms with Gasteiger partial charge in [0.15, 0.2) is 0 Å². The van der Waals surface area contributed by atoms with E-state index in [1.807, 2.05) is 19.1 Å². The van der Waals surface area contributed by atoms with E-state index in [1.54, 1.807) is 19.3 Å². The minimum absolute atomic E-state index is 0.725. The molecule has 0 spiro atoms. The second kappa shape index (κ2) is 5.09. The lowest BCUT2D eigenvalue weighted by molar-refractivity contribution is 1.41. The molecule has 0 saturated carbocycles. The van der Waals surface area contributed by atoms with Crippen molar-refractivity contribution >= 4 is 6.21 Å². The lowest BCUT2D eigenvalue weighted by Crippen LogP contribution is -1.91. The van der Waals surface area contributed by atoms with E-state index in [9.17, 15) is 0 Å². The Morgan fingerprint density at radius 1 is 1.56 bits per heavy atom. The summed E-state index contributed by atoms with van der Waals surface area (Å²) in [6.07, 6.45) is 7.12. The van der Waals surface area contributed by atoms with Gasteiger partial charge in [-0.3, -0.25) is 4.99 Å². The molecule has 0 aliphatic heterocycles. The number of hydrogen-bond donors (Lipinski definition) is 1. The predicted octanol–water partition coefficient (Wildman–Crippen LogP) is 1.11. The van der Waals surface area contributed by atoms with Crippen LogP contribution in [-0.4, -0.2) is 13.3 Å². The van der Waals surface area contributed by atoms with Crippen LogP contribution in [0.3, 0.4) is 0 Å². The van der Waals surface area contributed by atoms with Gasteiger partial charge in [-0.25, -0.2) is 0 Å². The van der Waals surface area contributed by atoms with Crippen molar-refractivity contribution in [3.8, 4) is 0 Å². The summed E-state index contributed by atoms with van der Waals surface area (Å²) in [5.74, 6) is 0. The maximum atomic E-state index is 5.45. The van der Waals surface area contributed by atoms with Crippen molar-refractivity contribution in [2.75, 3.05) is 7.05 Å². The Kier molecular flexibility index (Phi) is 4.50. The SMILES string of the molecule is C/C=C\C(N)=C/C=NC. The molecule has 9 heavy (non-hydrogen) atoms. The standard InChI is InChI=1S/C7H12N2/c1-3-4-7(8)5-6-9-2/h3-6H,8H2,1-2H3/b4-3-,7-5+,9-6?. The Morgan fingerprint density at radius 2 is 2.22 bits per heavy atom. The van der Waals surface area contributed by atoms with Gasteiger partial charge in [-0.2, -0.15) is 0 Å². The Balaban J connectivity index is 3.84. The van der Waals surface area contributed by atoms with Gasteiger partial charge >= 0.3 is 0 Å². The molecule has 0 aromatic rings. The van der Waals surface area contributed by atoms with E-state index in [1.165, 1.54) is 0 Å². The average Bonchev–Trinajstić information content (AvgIpc) is 1.85. The molecule has 0 aliphatic rings. The molecule has 0 rings (SSSR count). The molecule has 2 N–H and O–H groups in total. The van der Waals surface area contributed by atoms with Crippen LogP contribution in [0.5, 0.6) is 0 Å². The van der Waals surface area contributed by atoms with E-state index in [4.69, 9.17) is 5.73 Å². The first kappa shape index (κ1) is 7.95. The molecule has 0 amide bonds. The van der Waals surface area contributed by atoms with Crippen LogP contribution in [0, 0.1) is 0 Å². The highest BCUT2D eigenvalue weighted by molar-refractivity contribution is 5.72. The van der Waals surface area contributed by atoms with Crippen LogP contribution in [0.4, 0.5) is 0 Å². The first-order valence-electron chi connectivity index (χ1n) is 2.82. The molecule has 0 aromatic heterocycles. The van der Waals surface area contributed by atoms with Gasteiger partial charge < -0.3 is 5.73 Å². The number of aliphatic imine (C=N–C) groups is 1. The summed E-state index contributed by atoms with van der Waals surface area (Å²) < 4.78 is 0. The predicted molar refractivity (Wildman–Crippen MR) is 41.5 cm³/mol. The highest BCUT2D eigenvalue weighted by atomic mass is 14.6. The zero-order chi connectivity index (χ0) is 7.11. The van der Waals surface area contributed by atoms with Crippen molar-refractivity contribution in [2.45, 2.75) is 6.92 Å². The van der Waals surface area contributed by atoms with E-state index in [0.29, 0.717) is 0 Å². The highest BCUT2D eigenvalue weighted by Gasteiger charge is 1.73. The molecule has 0 aliphatic carbocycles. The van der Waals surface area contributed by atoms with Crippen molar-refractivity contribution in [1.29, 1.82) is 0 Å². The second-order valence-electron chi connectivity index (χ2n) is 1.57. The fraction of sp³-hybridized carbons (Fsp3) is 0.286. The van der Waals surface area contributed by atoms with E-state index in [2.05, 4.69) is 4.99 Å². The van der Waals surface area contributed by atoms with Gasteiger partial charge in [0.2, 0.25) is 0 Å². The van der Waals surface area contributed by atoms with Gasteiger partial charge in [0.25, 0.3) is 0 Å². The second-order valence-corrected chi connectivity index (χ2v) is 1.57. The van der Waals surface area contributed by atoms with Crippen molar-refractivity contribution in [2.24, 2.45) is 10.7 Å². The van der Waals surface area contributed by atoms with Gasteiger partial charge in [-0.15, -0.1) is 0 Å². The largest absolute Gasteiger partial charge is 0.399 e. The number of nitrogens with zero attached hydrogens (tertiary/aromatic N) is 1. The zero-order valence-corrected chi connectivity index (χ0v) is 5.83. The van der Waals surface area contributed by atoms with Crippen LogP contribution in [-0.2, 0) is 0 Å². The highest BCUT2D eigenvalue weighted by Crippen LogP contribution is 1.82. The van der Waals surface area contributed by atoms with Crippen LogP contribution >= 0.6 is 0 Å². The number of hydrogen-bond acceptors (Lipinski definition) is 2. The molecular weight excluding hydrogens is 112 g/mol. The third-order valence-electron chi connectivity index (χ3n) is 0.775. The molecule has 0 aromatic carbocycles. The Hall–Kier alpha value is -1.05. The Morgan fingerprint density at radius 3 is 2.67 bits per heavy atom. The topological polar surface area (TPSA) is 38.4 Å². The molecule has 0 fully saturated rings. The monoisotopic (exact) mass is 124 g/mol. The summed E-state index contributed by atoms with van der Waals surface area (Å²) in [6.45, 7) is 1.92. The first-order chi connectivity index (χ1) is 4.31. The van der Waals surface area contributed by atoms with E-state index in [0.717, 1.165) is 5.70 Å². The summed E-state index contributed by atoms with van der Waals surface area (Å²) in [6, 6.07) is 0. The minimum Gasteiger partial charge on any atom is -0.399 e. The fourth-order valence-corrected chi connectivity index (χ4v) is 0.409. The van der Waals surface area contributed by atoms with Crippen LogP contribution in [0.25, 0.3) is 0 Å². The average molecular weight is 124 g/mol. The summed E-state index contributed by atoms with van der Waals surface area (Å²) in [4.78, 5) is 3.74. The molecule has 2 heteroatoms. The quantitative estimate of drug-likeness (QED) is 0.434. The Bertz CT molecular complexity index is 143. The number of nitrogens with two attached hydrogens (primary N) is 1. The van der Waals surface area contributed by atoms with Crippen molar-refractivity contribution in [3.63, 3.8) is 0 Å². The van der Waals surface area contributed by atoms with E-state index in [-0.39, 0.29) is 0 Å². The van der Waals surface area contributed by atoms with Gasteiger partial charge in [-0.1, -0.05) is 6.08 Å². The number of allylic oxidation sites excluding steroid dienone is 3. The maximum absolute atomic E-state index is 5.45. The summed E-state index contributed by atoms with van der Waals surface area (Å²) in [5, 5.41) is 0. The minimum atomic E-state index is 0.725. The fourth-order valence-electron chi connectivity index (χ4n) is 0.409. The first-order valence-corrected chi connectivity index (χ1v) is 2.82. The van der Waals surface area contributed by atoms with Gasteiger partial charge in [0.1, 0.15) is 0 Å². The van der Waals surface area contributed by atoms with Gasteiger partial charge in [0, 0.05) is 19.0 Å². The van der Waals surface area contributed by atoms with E-state index >= 15 is 0 Å². The van der Waals surface area contributed by atoms with E-state index < -0.39 is 0 Å². The molecule has 0 radical (unpaired) electrons. The van der Waals surface area contributed by atoms with Crippen molar-refractivity contribution < 1.29 is 0 Å². The molecule has 2 nitrogen and oxygen atoms in total. The molecular formula is C7H12N2. The van der Waals surface area contributed by atoms with Gasteiger partial charge in [0.05, 0.1) is 0 Å². The molecule has 0 bridgehead atoms. The van der Waals surface area contributed by atoms with Crippen molar-refractivity contribution in [1.82, 2.24) is 0 Å². The molecule has 0 heterocycles. The lowest BCUT2D eigenvalue weighted by atomic mass is 10.4. The van der Waals surface area contributed by atoms with Crippen LogP contribution in [0.1, 0.15) is 6.92 Å². The third kappa shape index (κ3) is 4.81. The smallest absolute Gasteiger partial charge is 0.0325 e. The van der Waals surface area contributed by atoms with Crippen LogP contribution < -0.4 is 5.73 Å². The molecule has 0 unspecified atom stereocenters. The summed E-state index contributed by atoms with van der Waals surface area (Å²) in [7, 11) is 1.71. The lowest BCUT2D eigenvalue weighted by Gasteiger charge is -1.84. The maximum Gasteiger partial charge on any atom is 0.0325 e. The third-order valence-corrected chi connectivity index (χ3v) is 0.775. The zero-order valence-electron chi connectivity index (χ0n) is 5.83. The van der Waals surface area contributed by atoms with Gasteiger partial charge in [-0.05, 0) is 19.1 Å². The number of rotatable bonds is 2. The molecule has 0 saturated heterocycles. The van der Waals surface area contributed by atoms with Crippen molar-refractivity contribution in [3.05, 3.63) is 23.9 Å². The normalized spacial score (nSPS) is 13.8. The Labute approximate surface area is 55.8 Å². The molecule has 0 atom stereocenters.